The number of ether oxygens (including phenoxy) is 1. The molecule has 1 unspecified atom stereocenters. The summed E-state index contributed by atoms with van der Waals surface area (Å²) >= 11 is 6.36. The van der Waals surface area contributed by atoms with Gasteiger partial charge in [-0.1, -0.05) is 29.8 Å². The predicted octanol–water partition coefficient (Wildman–Crippen LogP) is 3.62. The molecule has 1 aromatic carbocycles. The Morgan fingerprint density at radius 1 is 1.38 bits per heavy atom. The first-order chi connectivity index (χ1) is 10.0. The van der Waals surface area contributed by atoms with Gasteiger partial charge in [0.15, 0.2) is 0 Å². The summed E-state index contributed by atoms with van der Waals surface area (Å²) in [5.41, 5.74) is 7.38. The summed E-state index contributed by atoms with van der Waals surface area (Å²) in [5.74, 6) is 0. The van der Waals surface area contributed by atoms with Crippen molar-refractivity contribution in [3.05, 3.63) is 34.9 Å². The number of nitrogens with zero attached hydrogens (tertiary/aromatic N) is 1. The van der Waals surface area contributed by atoms with Crippen LogP contribution >= 0.6 is 11.6 Å². The van der Waals surface area contributed by atoms with E-state index in [1.807, 2.05) is 18.2 Å². The van der Waals surface area contributed by atoms with E-state index in [9.17, 15) is 0 Å². The van der Waals surface area contributed by atoms with Crippen LogP contribution in [0.25, 0.3) is 0 Å². The van der Waals surface area contributed by atoms with E-state index >= 15 is 0 Å². The molecule has 1 aliphatic rings. The predicted molar refractivity (Wildman–Crippen MR) is 88.7 cm³/mol. The fourth-order valence-corrected chi connectivity index (χ4v) is 3.79. The molecule has 0 aromatic heterocycles. The van der Waals surface area contributed by atoms with Crippen molar-refractivity contribution >= 4 is 11.6 Å². The van der Waals surface area contributed by atoms with Crippen molar-refractivity contribution in [3.8, 4) is 0 Å². The van der Waals surface area contributed by atoms with Gasteiger partial charge in [0.2, 0.25) is 0 Å². The summed E-state index contributed by atoms with van der Waals surface area (Å²) in [6, 6.07) is 8.33. The van der Waals surface area contributed by atoms with Crippen molar-refractivity contribution < 1.29 is 4.74 Å². The van der Waals surface area contributed by atoms with Crippen LogP contribution in [-0.4, -0.2) is 37.2 Å². The fourth-order valence-electron chi connectivity index (χ4n) is 3.50. The van der Waals surface area contributed by atoms with Crippen molar-refractivity contribution in [3.63, 3.8) is 0 Å². The van der Waals surface area contributed by atoms with E-state index in [0.717, 1.165) is 30.7 Å². The van der Waals surface area contributed by atoms with Crippen LogP contribution in [-0.2, 0) is 4.74 Å². The average molecular weight is 311 g/mol. The van der Waals surface area contributed by atoms with Gasteiger partial charge in [-0.25, -0.2) is 0 Å². The van der Waals surface area contributed by atoms with Crippen molar-refractivity contribution in [1.29, 1.82) is 0 Å². The first-order valence-electron chi connectivity index (χ1n) is 7.74. The lowest BCUT2D eigenvalue weighted by atomic mass is 9.78. The van der Waals surface area contributed by atoms with E-state index in [4.69, 9.17) is 22.1 Å². The topological polar surface area (TPSA) is 38.5 Å². The number of methoxy groups -OCH3 is 1. The van der Waals surface area contributed by atoms with Gasteiger partial charge in [0.05, 0.1) is 6.10 Å². The van der Waals surface area contributed by atoms with Gasteiger partial charge in [0.1, 0.15) is 0 Å². The standard InChI is InChI=1S/C17H27ClN2O/c1-13(15-6-4-5-7-16(15)18)20(2)17(12-19)10-8-14(21-3)9-11-17/h4-7,13-14H,8-12,19H2,1-3H3. The molecule has 2 rings (SSSR count). The lowest BCUT2D eigenvalue weighted by molar-refractivity contribution is -0.0108. The van der Waals surface area contributed by atoms with Gasteiger partial charge in [-0.3, -0.25) is 4.90 Å². The van der Waals surface area contributed by atoms with E-state index < -0.39 is 0 Å². The first-order valence-corrected chi connectivity index (χ1v) is 8.12. The highest BCUT2D eigenvalue weighted by Crippen LogP contribution is 2.39. The molecule has 3 nitrogen and oxygen atoms in total. The maximum absolute atomic E-state index is 6.36. The van der Waals surface area contributed by atoms with Gasteiger partial charge in [-0.2, -0.15) is 0 Å². The summed E-state index contributed by atoms with van der Waals surface area (Å²) in [4.78, 5) is 2.42. The van der Waals surface area contributed by atoms with E-state index in [0.29, 0.717) is 12.6 Å². The summed E-state index contributed by atoms with van der Waals surface area (Å²) < 4.78 is 5.49. The molecule has 0 aliphatic heterocycles. The van der Waals surface area contributed by atoms with Crippen LogP contribution in [0.3, 0.4) is 0 Å². The molecule has 1 fully saturated rings. The average Bonchev–Trinajstić information content (AvgIpc) is 2.54. The Labute approximate surface area is 133 Å². The quantitative estimate of drug-likeness (QED) is 0.902. The van der Waals surface area contributed by atoms with Crippen molar-refractivity contribution in [2.24, 2.45) is 5.73 Å². The highest BCUT2D eigenvalue weighted by molar-refractivity contribution is 6.31. The van der Waals surface area contributed by atoms with Gasteiger partial charge in [0.25, 0.3) is 0 Å². The minimum Gasteiger partial charge on any atom is -0.381 e. The van der Waals surface area contributed by atoms with Crippen LogP contribution in [0.1, 0.15) is 44.2 Å². The molecule has 4 heteroatoms. The molecule has 1 saturated carbocycles. The Kier molecular flexibility index (Phi) is 5.67. The zero-order valence-electron chi connectivity index (χ0n) is 13.3. The summed E-state index contributed by atoms with van der Waals surface area (Å²) in [6.45, 7) is 2.88. The Morgan fingerprint density at radius 2 is 2.00 bits per heavy atom. The SMILES string of the molecule is COC1CCC(CN)(N(C)C(C)c2ccccc2Cl)CC1. The number of nitrogens with two attached hydrogens (primary N) is 1. The summed E-state index contributed by atoms with van der Waals surface area (Å²) in [6.07, 6.45) is 4.69. The van der Waals surface area contributed by atoms with E-state index in [1.165, 1.54) is 5.56 Å². The highest BCUT2D eigenvalue weighted by atomic mass is 35.5. The molecule has 0 heterocycles. The molecule has 0 bridgehead atoms. The van der Waals surface area contributed by atoms with Crippen molar-refractivity contribution in [1.82, 2.24) is 4.90 Å². The minimum absolute atomic E-state index is 0.0492. The zero-order chi connectivity index (χ0) is 15.5. The number of rotatable bonds is 5. The van der Waals surface area contributed by atoms with Crippen LogP contribution in [0.15, 0.2) is 24.3 Å². The molecule has 1 atom stereocenters. The molecule has 118 valence electrons. The van der Waals surface area contributed by atoms with Gasteiger partial charge in [-0.05, 0) is 51.3 Å². The van der Waals surface area contributed by atoms with Gasteiger partial charge < -0.3 is 10.5 Å². The van der Waals surface area contributed by atoms with E-state index in [-0.39, 0.29) is 11.6 Å². The molecule has 21 heavy (non-hydrogen) atoms. The molecule has 1 aliphatic carbocycles. The van der Waals surface area contributed by atoms with Gasteiger partial charge >= 0.3 is 0 Å². The molecule has 1 aromatic rings. The van der Waals surface area contributed by atoms with Crippen molar-refractivity contribution in [2.75, 3.05) is 20.7 Å². The Hall–Kier alpha value is -0.610. The maximum Gasteiger partial charge on any atom is 0.0572 e. The molecule has 0 saturated heterocycles. The molecule has 2 N–H and O–H groups in total. The molecular formula is C17H27ClN2O. The number of hydrogen-bond acceptors (Lipinski definition) is 3. The lowest BCUT2D eigenvalue weighted by Crippen LogP contribution is -2.55. The third-order valence-electron chi connectivity index (χ3n) is 5.26. The van der Waals surface area contributed by atoms with Crippen LogP contribution in [0.2, 0.25) is 5.02 Å². The Balaban J connectivity index is 2.17. The van der Waals surface area contributed by atoms with Crippen LogP contribution in [0, 0.1) is 0 Å². The van der Waals surface area contributed by atoms with E-state index in [1.54, 1.807) is 7.11 Å². The smallest absolute Gasteiger partial charge is 0.0572 e. The Bertz CT molecular complexity index is 458. The second kappa shape index (κ2) is 7.10. The Morgan fingerprint density at radius 3 is 2.52 bits per heavy atom. The molecule has 0 radical (unpaired) electrons. The molecule has 0 spiro atoms. The van der Waals surface area contributed by atoms with Crippen LogP contribution in [0.4, 0.5) is 0 Å². The second-order valence-electron chi connectivity index (χ2n) is 6.17. The second-order valence-corrected chi connectivity index (χ2v) is 6.58. The number of benzene rings is 1. The van der Waals surface area contributed by atoms with Gasteiger partial charge in [-0.15, -0.1) is 0 Å². The van der Waals surface area contributed by atoms with Crippen LogP contribution in [0.5, 0.6) is 0 Å². The monoisotopic (exact) mass is 310 g/mol. The zero-order valence-corrected chi connectivity index (χ0v) is 14.1. The minimum atomic E-state index is 0.0492. The normalized spacial score (nSPS) is 27.8. The number of hydrogen-bond donors (Lipinski definition) is 1. The van der Waals surface area contributed by atoms with E-state index in [2.05, 4.69) is 24.9 Å². The fraction of sp³-hybridized carbons (Fsp3) is 0.647. The number of likely N-dealkylation sites (N-methyl/N-ethyl adjacent to an activating group) is 1. The van der Waals surface area contributed by atoms with Crippen LogP contribution < -0.4 is 5.73 Å². The number of halogens is 1. The molecular weight excluding hydrogens is 284 g/mol. The van der Waals surface area contributed by atoms with Crippen molar-refractivity contribution in [2.45, 2.75) is 50.3 Å². The third kappa shape index (κ3) is 3.42. The first kappa shape index (κ1) is 16.8. The summed E-state index contributed by atoms with van der Waals surface area (Å²) in [5, 5.41) is 0.828. The maximum atomic E-state index is 6.36. The molecule has 0 amide bonds. The largest absolute Gasteiger partial charge is 0.381 e. The third-order valence-corrected chi connectivity index (χ3v) is 5.61. The summed E-state index contributed by atoms with van der Waals surface area (Å²) in [7, 11) is 3.98. The lowest BCUT2D eigenvalue weighted by Gasteiger charge is -2.48. The van der Waals surface area contributed by atoms with Gasteiger partial charge in [0, 0.05) is 30.3 Å². The highest BCUT2D eigenvalue weighted by Gasteiger charge is 2.39.